The summed E-state index contributed by atoms with van der Waals surface area (Å²) in [5.41, 5.74) is 0.962. The average Bonchev–Trinajstić information content (AvgIpc) is 3.45. The molecule has 1 aliphatic rings. The molecule has 2 amide bonds. The second-order valence-electron chi connectivity index (χ2n) is 6.85. The molecule has 4 rings (SSSR count). The number of rotatable bonds is 6. The minimum atomic E-state index is -0.667. The van der Waals surface area contributed by atoms with Crippen LogP contribution in [0.25, 0.3) is 5.69 Å². The maximum absolute atomic E-state index is 14.3. The molecule has 2 heterocycles. The first kappa shape index (κ1) is 20.3. The van der Waals surface area contributed by atoms with Crippen molar-refractivity contribution in [3.05, 3.63) is 48.5 Å². The number of anilines is 2. The van der Waals surface area contributed by atoms with Gasteiger partial charge in [-0.2, -0.15) is 0 Å². The third-order valence-corrected chi connectivity index (χ3v) is 4.99. The molecule has 0 aliphatic carbocycles. The predicted octanol–water partition coefficient (Wildman–Crippen LogP) is 1.81. The number of carbonyl (C=O) groups is 2. The van der Waals surface area contributed by atoms with Crippen molar-refractivity contribution < 1.29 is 23.5 Å². The smallest absolute Gasteiger partial charge is 0.229 e. The average molecular weight is 426 g/mol. The van der Waals surface area contributed by atoms with E-state index < -0.39 is 17.6 Å². The van der Waals surface area contributed by atoms with Gasteiger partial charge >= 0.3 is 0 Å². The summed E-state index contributed by atoms with van der Waals surface area (Å²) in [5.74, 6) is -0.950. The molecule has 10 nitrogen and oxygen atoms in total. The number of halogens is 1. The summed E-state index contributed by atoms with van der Waals surface area (Å²) in [6.07, 6.45) is 1.34. The SMILES string of the molecule is COc1ccc(OC)c(N2CC(C(=O)Nc3cc(-n4cnnn4)ccc3F)CC2=O)c1. The van der Waals surface area contributed by atoms with Gasteiger partial charge in [0.15, 0.2) is 0 Å². The molecule has 1 N–H and O–H groups in total. The molecule has 11 heteroatoms. The number of nitrogens with zero attached hydrogens (tertiary/aromatic N) is 5. The number of carbonyl (C=O) groups excluding carboxylic acids is 2. The number of hydrogen-bond donors (Lipinski definition) is 1. The molecule has 0 saturated carbocycles. The van der Waals surface area contributed by atoms with Crippen LogP contribution in [0.2, 0.25) is 0 Å². The van der Waals surface area contributed by atoms with Gasteiger partial charge in [0.2, 0.25) is 11.8 Å². The fourth-order valence-electron chi connectivity index (χ4n) is 3.39. The van der Waals surface area contributed by atoms with Gasteiger partial charge in [0.1, 0.15) is 23.6 Å². The Labute approximate surface area is 176 Å². The number of ether oxygens (including phenoxy) is 2. The third kappa shape index (κ3) is 4.02. The monoisotopic (exact) mass is 426 g/mol. The fourth-order valence-corrected chi connectivity index (χ4v) is 3.39. The van der Waals surface area contributed by atoms with E-state index in [2.05, 4.69) is 20.8 Å². The summed E-state index contributed by atoms with van der Waals surface area (Å²) >= 11 is 0. The predicted molar refractivity (Wildman–Crippen MR) is 108 cm³/mol. The highest BCUT2D eigenvalue weighted by molar-refractivity contribution is 6.04. The Morgan fingerprint density at radius 2 is 2.03 bits per heavy atom. The minimum Gasteiger partial charge on any atom is -0.497 e. The zero-order valence-electron chi connectivity index (χ0n) is 16.8. The summed E-state index contributed by atoms with van der Waals surface area (Å²) in [6, 6.07) is 9.19. The Balaban J connectivity index is 1.53. The van der Waals surface area contributed by atoms with Gasteiger partial charge in [0.05, 0.1) is 37.2 Å². The Bertz CT molecular complexity index is 1120. The van der Waals surface area contributed by atoms with Crippen molar-refractivity contribution in [1.82, 2.24) is 20.2 Å². The van der Waals surface area contributed by atoms with Crippen molar-refractivity contribution in [1.29, 1.82) is 0 Å². The topological polar surface area (TPSA) is 111 Å². The highest BCUT2D eigenvalue weighted by atomic mass is 19.1. The normalized spacial score (nSPS) is 15.8. The summed E-state index contributed by atoms with van der Waals surface area (Å²) in [6.45, 7) is 0.127. The maximum atomic E-state index is 14.3. The van der Waals surface area contributed by atoms with Crippen molar-refractivity contribution in [3.8, 4) is 17.2 Å². The van der Waals surface area contributed by atoms with Gasteiger partial charge in [-0.25, -0.2) is 9.07 Å². The second-order valence-corrected chi connectivity index (χ2v) is 6.85. The molecule has 31 heavy (non-hydrogen) atoms. The van der Waals surface area contributed by atoms with Gasteiger partial charge in [0.25, 0.3) is 0 Å². The van der Waals surface area contributed by atoms with Gasteiger partial charge < -0.3 is 19.7 Å². The summed E-state index contributed by atoms with van der Waals surface area (Å²) < 4.78 is 26.2. The fraction of sp³-hybridized carbons (Fsp3) is 0.250. The van der Waals surface area contributed by atoms with Crippen LogP contribution in [0.3, 0.4) is 0 Å². The van der Waals surface area contributed by atoms with Gasteiger partial charge in [-0.15, -0.1) is 5.10 Å². The molecule has 0 bridgehead atoms. The molecule has 1 atom stereocenters. The van der Waals surface area contributed by atoms with Gasteiger partial charge in [-0.1, -0.05) is 0 Å². The van der Waals surface area contributed by atoms with Gasteiger partial charge in [-0.3, -0.25) is 9.59 Å². The first-order valence-electron chi connectivity index (χ1n) is 9.36. The van der Waals surface area contributed by atoms with Gasteiger partial charge in [-0.05, 0) is 40.8 Å². The lowest BCUT2D eigenvalue weighted by atomic mass is 10.1. The molecule has 1 aromatic heterocycles. The van der Waals surface area contributed by atoms with Crippen LogP contribution < -0.4 is 19.7 Å². The van der Waals surface area contributed by atoms with E-state index in [1.54, 1.807) is 18.2 Å². The molecular formula is C20H19FN6O4. The van der Waals surface area contributed by atoms with Crippen LogP contribution in [0.15, 0.2) is 42.7 Å². The van der Waals surface area contributed by atoms with E-state index in [9.17, 15) is 14.0 Å². The lowest BCUT2D eigenvalue weighted by Gasteiger charge is -2.20. The van der Waals surface area contributed by atoms with Crippen molar-refractivity contribution in [2.24, 2.45) is 5.92 Å². The highest BCUT2D eigenvalue weighted by Crippen LogP contribution is 2.36. The van der Waals surface area contributed by atoms with E-state index in [-0.39, 0.29) is 24.6 Å². The van der Waals surface area contributed by atoms with E-state index >= 15 is 0 Å². The molecule has 1 saturated heterocycles. The lowest BCUT2D eigenvalue weighted by molar-refractivity contribution is -0.122. The van der Waals surface area contributed by atoms with E-state index in [1.165, 1.54) is 48.3 Å². The molecule has 1 aliphatic heterocycles. The van der Waals surface area contributed by atoms with Crippen LogP contribution in [0, 0.1) is 11.7 Å². The zero-order chi connectivity index (χ0) is 22.0. The van der Waals surface area contributed by atoms with Crippen LogP contribution in [-0.2, 0) is 9.59 Å². The Hall–Kier alpha value is -4.02. The molecule has 2 aromatic carbocycles. The van der Waals surface area contributed by atoms with E-state index in [0.29, 0.717) is 22.9 Å². The van der Waals surface area contributed by atoms with Crippen LogP contribution in [0.1, 0.15) is 6.42 Å². The van der Waals surface area contributed by atoms with Crippen molar-refractivity contribution in [2.75, 3.05) is 31.0 Å². The number of aromatic nitrogens is 4. The lowest BCUT2D eigenvalue weighted by Crippen LogP contribution is -2.28. The first-order valence-corrected chi connectivity index (χ1v) is 9.36. The van der Waals surface area contributed by atoms with Crippen molar-refractivity contribution in [2.45, 2.75) is 6.42 Å². The minimum absolute atomic E-state index is 0.0134. The summed E-state index contributed by atoms with van der Waals surface area (Å²) in [5, 5.41) is 13.4. The van der Waals surface area contributed by atoms with E-state index in [4.69, 9.17) is 9.47 Å². The number of benzene rings is 2. The number of methoxy groups -OCH3 is 2. The van der Waals surface area contributed by atoms with Crippen molar-refractivity contribution >= 4 is 23.2 Å². The summed E-state index contributed by atoms with van der Waals surface area (Å²) in [7, 11) is 3.02. The maximum Gasteiger partial charge on any atom is 0.229 e. The van der Waals surface area contributed by atoms with Crippen LogP contribution in [0.5, 0.6) is 11.5 Å². The summed E-state index contributed by atoms with van der Waals surface area (Å²) in [4.78, 5) is 26.9. The van der Waals surface area contributed by atoms with E-state index in [0.717, 1.165) is 0 Å². The quantitative estimate of drug-likeness (QED) is 0.640. The zero-order valence-corrected chi connectivity index (χ0v) is 16.8. The number of amides is 2. The third-order valence-electron chi connectivity index (χ3n) is 4.99. The standard InChI is InChI=1S/C20H19FN6O4/c1-30-14-4-6-18(31-2)17(9-14)26-10-12(7-19(26)28)20(29)23-16-8-13(3-5-15(16)21)27-11-22-24-25-27/h3-6,8-9,11-12H,7,10H2,1-2H3,(H,23,29). The van der Waals surface area contributed by atoms with Crippen LogP contribution >= 0.6 is 0 Å². The number of tetrazole rings is 1. The van der Waals surface area contributed by atoms with Crippen molar-refractivity contribution in [3.63, 3.8) is 0 Å². The molecular weight excluding hydrogens is 407 g/mol. The number of hydrogen-bond acceptors (Lipinski definition) is 7. The molecule has 1 unspecified atom stereocenters. The molecule has 1 fully saturated rings. The molecule has 160 valence electrons. The van der Waals surface area contributed by atoms with Crippen LogP contribution in [-0.4, -0.2) is 52.8 Å². The largest absolute Gasteiger partial charge is 0.497 e. The Kier molecular flexibility index (Phi) is 5.48. The molecule has 3 aromatic rings. The molecule has 0 spiro atoms. The molecule has 0 radical (unpaired) electrons. The number of nitrogens with one attached hydrogen (secondary N) is 1. The van der Waals surface area contributed by atoms with Crippen LogP contribution in [0.4, 0.5) is 15.8 Å². The Morgan fingerprint density at radius 3 is 2.74 bits per heavy atom. The Morgan fingerprint density at radius 1 is 1.19 bits per heavy atom. The first-order chi connectivity index (χ1) is 15.0. The van der Waals surface area contributed by atoms with Gasteiger partial charge in [0, 0.05) is 19.0 Å². The highest BCUT2D eigenvalue weighted by Gasteiger charge is 2.36. The second kappa shape index (κ2) is 8.38. The van der Waals surface area contributed by atoms with E-state index in [1.807, 2.05) is 0 Å².